The molecule has 2 amide bonds. The van der Waals surface area contributed by atoms with E-state index in [2.05, 4.69) is 4.90 Å². The summed E-state index contributed by atoms with van der Waals surface area (Å²) in [5, 5.41) is 8.94. The normalized spacial score (nSPS) is 24.2. The highest BCUT2D eigenvalue weighted by Crippen LogP contribution is 2.19. The Hall–Kier alpha value is -1.14. The molecular formula is C14H25N3O3. The van der Waals surface area contributed by atoms with Crippen molar-refractivity contribution in [2.45, 2.75) is 19.8 Å². The molecule has 1 N–H and O–H groups in total. The second kappa shape index (κ2) is 7.04. The van der Waals surface area contributed by atoms with Gasteiger partial charge in [-0.1, -0.05) is 0 Å². The maximum Gasteiger partial charge on any atom is 0.236 e. The highest BCUT2D eigenvalue weighted by atomic mass is 16.3. The zero-order valence-electron chi connectivity index (χ0n) is 12.3. The summed E-state index contributed by atoms with van der Waals surface area (Å²) in [6, 6.07) is 0. The van der Waals surface area contributed by atoms with E-state index in [1.165, 1.54) is 0 Å². The minimum Gasteiger partial charge on any atom is -0.396 e. The van der Waals surface area contributed by atoms with Crippen LogP contribution in [0.5, 0.6) is 0 Å². The molecule has 2 aliphatic rings. The van der Waals surface area contributed by atoms with Crippen molar-refractivity contribution in [2.75, 3.05) is 52.4 Å². The minimum absolute atomic E-state index is 0.0866. The molecule has 0 aromatic heterocycles. The van der Waals surface area contributed by atoms with E-state index in [4.69, 9.17) is 5.11 Å². The van der Waals surface area contributed by atoms with Crippen LogP contribution in [0.15, 0.2) is 0 Å². The second-order valence-electron chi connectivity index (χ2n) is 5.79. The maximum atomic E-state index is 12.2. The molecule has 6 nitrogen and oxygen atoms in total. The van der Waals surface area contributed by atoms with Gasteiger partial charge in [-0.25, -0.2) is 0 Å². The van der Waals surface area contributed by atoms with E-state index in [1.807, 2.05) is 4.90 Å². The summed E-state index contributed by atoms with van der Waals surface area (Å²) in [7, 11) is 0. The molecule has 0 spiro atoms. The van der Waals surface area contributed by atoms with Crippen molar-refractivity contribution in [1.82, 2.24) is 14.7 Å². The van der Waals surface area contributed by atoms with Crippen molar-refractivity contribution < 1.29 is 14.7 Å². The third-order valence-corrected chi connectivity index (χ3v) is 4.34. The molecule has 20 heavy (non-hydrogen) atoms. The maximum absolute atomic E-state index is 12.2. The summed E-state index contributed by atoms with van der Waals surface area (Å²) in [5.41, 5.74) is 0. The van der Waals surface area contributed by atoms with E-state index in [-0.39, 0.29) is 18.4 Å². The Kier molecular flexibility index (Phi) is 5.37. The zero-order chi connectivity index (χ0) is 14.5. The third-order valence-electron chi connectivity index (χ3n) is 4.34. The molecule has 6 heteroatoms. The van der Waals surface area contributed by atoms with Gasteiger partial charge in [0, 0.05) is 46.3 Å². The largest absolute Gasteiger partial charge is 0.396 e. The summed E-state index contributed by atoms with van der Waals surface area (Å²) < 4.78 is 0. The first-order valence-electron chi connectivity index (χ1n) is 7.46. The number of aliphatic hydroxyl groups excluding tert-OH is 1. The lowest BCUT2D eigenvalue weighted by atomic mass is 10.1. The van der Waals surface area contributed by atoms with E-state index in [9.17, 15) is 9.59 Å². The Morgan fingerprint density at radius 1 is 1.10 bits per heavy atom. The second-order valence-corrected chi connectivity index (χ2v) is 5.79. The van der Waals surface area contributed by atoms with Gasteiger partial charge < -0.3 is 14.9 Å². The van der Waals surface area contributed by atoms with Crippen LogP contribution in [0.1, 0.15) is 19.8 Å². The van der Waals surface area contributed by atoms with Gasteiger partial charge in [-0.2, -0.15) is 0 Å². The number of carbonyl (C=O) groups is 2. The topological polar surface area (TPSA) is 64.1 Å². The number of hydrogen-bond donors (Lipinski definition) is 1. The van der Waals surface area contributed by atoms with Gasteiger partial charge in [0.15, 0.2) is 0 Å². The molecule has 0 saturated carbocycles. The minimum atomic E-state index is 0.0866. The molecular weight excluding hydrogens is 258 g/mol. The van der Waals surface area contributed by atoms with Gasteiger partial charge in [-0.05, 0) is 25.3 Å². The molecule has 2 saturated heterocycles. The van der Waals surface area contributed by atoms with E-state index in [0.29, 0.717) is 38.6 Å². The van der Waals surface area contributed by atoms with E-state index in [1.54, 1.807) is 11.8 Å². The van der Waals surface area contributed by atoms with Crippen LogP contribution in [0.3, 0.4) is 0 Å². The standard InChI is InChI=1S/C14H25N3O3/c1-12(19)16-5-7-17(8-6-16)14(20)11-15-4-2-13(10-15)3-9-18/h13,18H,2-11H2,1H3. The van der Waals surface area contributed by atoms with Gasteiger partial charge >= 0.3 is 0 Å². The zero-order valence-corrected chi connectivity index (χ0v) is 12.3. The molecule has 2 rings (SSSR count). The van der Waals surface area contributed by atoms with E-state index >= 15 is 0 Å². The summed E-state index contributed by atoms with van der Waals surface area (Å²) in [4.78, 5) is 29.3. The SMILES string of the molecule is CC(=O)N1CCN(C(=O)CN2CCC(CCO)C2)CC1. The van der Waals surface area contributed by atoms with Crippen molar-refractivity contribution in [1.29, 1.82) is 0 Å². The van der Waals surface area contributed by atoms with Crippen LogP contribution in [-0.2, 0) is 9.59 Å². The van der Waals surface area contributed by atoms with Crippen molar-refractivity contribution in [2.24, 2.45) is 5.92 Å². The molecule has 2 fully saturated rings. The highest BCUT2D eigenvalue weighted by Gasteiger charge is 2.27. The van der Waals surface area contributed by atoms with Crippen molar-refractivity contribution in [3.63, 3.8) is 0 Å². The Labute approximate surface area is 120 Å². The van der Waals surface area contributed by atoms with Crippen LogP contribution in [0.4, 0.5) is 0 Å². The molecule has 2 heterocycles. The Morgan fingerprint density at radius 2 is 1.75 bits per heavy atom. The monoisotopic (exact) mass is 283 g/mol. The van der Waals surface area contributed by atoms with Crippen LogP contribution < -0.4 is 0 Å². The summed E-state index contributed by atoms with van der Waals surface area (Å²) in [6.07, 6.45) is 1.91. The lowest BCUT2D eigenvalue weighted by molar-refractivity contribution is -0.139. The van der Waals surface area contributed by atoms with Gasteiger partial charge in [0.1, 0.15) is 0 Å². The first-order valence-corrected chi connectivity index (χ1v) is 7.46. The molecule has 0 bridgehead atoms. The molecule has 0 radical (unpaired) electrons. The molecule has 0 aliphatic carbocycles. The number of likely N-dealkylation sites (tertiary alicyclic amines) is 1. The first-order chi connectivity index (χ1) is 9.60. The van der Waals surface area contributed by atoms with Gasteiger partial charge in [0.05, 0.1) is 6.54 Å². The molecule has 1 atom stereocenters. The van der Waals surface area contributed by atoms with Crippen molar-refractivity contribution in [3.8, 4) is 0 Å². The van der Waals surface area contributed by atoms with Crippen molar-refractivity contribution >= 4 is 11.8 Å². The van der Waals surface area contributed by atoms with Crippen LogP contribution in [0, 0.1) is 5.92 Å². The lowest BCUT2D eigenvalue weighted by Crippen LogP contribution is -2.52. The van der Waals surface area contributed by atoms with Crippen LogP contribution in [-0.4, -0.2) is 84.0 Å². The van der Waals surface area contributed by atoms with E-state index < -0.39 is 0 Å². The fourth-order valence-corrected chi connectivity index (χ4v) is 3.04. The number of piperazine rings is 1. The van der Waals surface area contributed by atoms with Crippen LogP contribution in [0.25, 0.3) is 0 Å². The molecule has 0 aromatic carbocycles. The summed E-state index contributed by atoms with van der Waals surface area (Å²) in [6.45, 7) is 6.73. The average molecular weight is 283 g/mol. The number of hydrogen-bond acceptors (Lipinski definition) is 4. The number of nitrogens with zero attached hydrogens (tertiary/aromatic N) is 3. The number of aliphatic hydroxyl groups is 1. The first kappa shape index (κ1) is 15.3. The fraction of sp³-hybridized carbons (Fsp3) is 0.857. The van der Waals surface area contributed by atoms with Gasteiger partial charge in [-0.3, -0.25) is 14.5 Å². The Balaban J connectivity index is 1.72. The Bertz CT molecular complexity index is 354. The lowest BCUT2D eigenvalue weighted by Gasteiger charge is -2.35. The average Bonchev–Trinajstić information content (AvgIpc) is 2.86. The third kappa shape index (κ3) is 3.93. The molecule has 114 valence electrons. The predicted molar refractivity (Wildman–Crippen MR) is 75.1 cm³/mol. The van der Waals surface area contributed by atoms with Gasteiger partial charge in [0.25, 0.3) is 0 Å². The number of rotatable bonds is 4. The molecule has 0 aromatic rings. The predicted octanol–water partition coefficient (Wildman–Crippen LogP) is -0.619. The van der Waals surface area contributed by atoms with Crippen LogP contribution in [0.2, 0.25) is 0 Å². The van der Waals surface area contributed by atoms with Crippen molar-refractivity contribution in [3.05, 3.63) is 0 Å². The number of amides is 2. The summed E-state index contributed by atoms with van der Waals surface area (Å²) >= 11 is 0. The Morgan fingerprint density at radius 3 is 2.35 bits per heavy atom. The van der Waals surface area contributed by atoms with Gasteiger partial charge in [0.2, 0.25) is 11.8 Å². The van der Waals surface area contributed by atoms with Crippen LogP contribution >= 0.6 is 0 Å². The fourth-order valence-electron chi connectivity index (χ4n) is 3.04. The highest BCUT2D eigenvalue weighted by molar-refractivity contribution is 5.79. The smallest absolute Gasteiger partial charge is 0.236 e. The molecule has 2 aliphatic heterocycles. The number of carbonyl (C=O) groups excluding carboxylic acids is 2. The van der Waals surface area contributed by atoms with E-state index in [0.717, 1.165) is 25.9 Å². The molecule has 1 unspecified atom stereocenters. The van der Waals surface area contributed by atoms with Gasteiger partial charge in [-0.15, -0.1) is 0 Å². The summed E-state index contributed by atoms with van der Waals surface area (Å²) in [5.74, 6) is 0.781. The quantitative estimate of drug-likeness (QED) is 0.747.